The molecule has 0 aliphatic rings. The van der Waals surface area contributed by atoms with Crippen molar-refractivity contribution in [1.29, 1.82) is 0 Å². The molecule has 0 saturated carbocycles. The molecule has 1 unspecified atom stereocenters. The largest absolute Gasteiger partial charge is 0.387 e. The molecule has 0 aliphatic carbocycles. The number of nitrogens with zero attached hydrogens (tertiary/aromatic N) is 2. The number of imidazole rings is 1. The van der Waals surface area contributed by atoms with Gasteiger partial charge in [-0.1, -0.05) is 30.0 Å². The van der Waals surface area contributed by atoms with Crippen LogP contribution in [0.4, 0.5) is 4.39 Å². The van der Waals surface area contributed by atoms with Crippen LogP contribution in [0.1, 0.15) is 22.0 Å². The summed E-state index contributed by atoms with van der Waals surface area (Å²) in [6.45, 7) is -0.00630. The topological polar surface area (TPSA) is 67.2 Å². The van der Waals surface area contributed by atoms with Crippen molar-refractivity contribution < 1.29 is 14.3 Å². The van der Waals surface area contributed by atoms with E-state index >= 15 is 0 Å². The summed E-state index contributed by atoms with van der Waals surface area (Å²) in [4.78, 5) is 16.6. The zero-order chi connectivity index (χ0) is 18.5. The summed E-state index contributed by atoms with van der Waals surface area (Å²) >= 11 is 1.51. The van der Waals surface area contributed by atoms with E-state index < -0.39 is 11.9 Å². The molecule has 5 nitrogen and oxygen atoms in total. The second kappa shape index (κ2) is 8.16. The maximum atomic E-state index is 13.2. The van der Waals surface area contributed by atoms with Crippen molar-refractivity contribution in [1.82, 2.24) is 14.9 Å². The summed E-state index contributed by atoms with van der Waals surface area (Å²) in [7, 11) is 0. The molecule has 1 heterocycles. The first-order chi connectivity index (χ1) is 12.6. The molecule has 134 valence electrons. The number of hydrogen-bond donors (Lipinski definition) is 2. The lowest BCUT2D eigenvalue weighted by atomic mass is 10.1. The van der Waals surface area contributed by atoms with E-state index in [9.17, 15) is 14.3 Å². The summed E-state index contributed by atoms with van der Waals surface area (Å²) in [6.07, 6.45) is 4.49. The quantitative estimate of drug-likeness (QED) is 0.653. The van der Waals surface area contributed by atoms with Gasteiger partial charge in [0.05, 0.1) is 6.10 Å². The highest BCUT2D eigenvalue weighted by Gasteiger charge is 2.13. The molecule has 7 heteroatoms. The molecule has 0 bridgehead atoms. The van der Waals surface area contributed by atoms with E-state index in [1.807, 2.05) is 23.1 Å². The first-order valence-electron chi connectivity index (χ1n) is 7.98. The maximum absolute atomic E-state index is 13.2. The summed E-state index contributed by atoms with van der Waals surface area (Å²) in [5.41, 5.74) is 1.71. The lowest BCUT2D eigenvalue weighted by molar-refractivity contribution is 0.0916. The lowest BCUT2D eigenvalue weighted by Crippen LogP contribution is -2.28. The van der Waals surface area contributed by atoms with Crippen LogP contribution in [0, 0.1) is 5.82 Å². The zero-order valence-electron chi connectivity index (χ0n) is 14.1. The Balaban J connectivity index is 1.69. The minimum absolute atomic E-state index is 0.00630. The summed E-state index contributed by atoms with van der Waals surface area (Å²) in [5.74, 6) is -0.737. The van der Waals surface area contributed by atoms with Crippen LogP contribution in [0.25, 0.3) is 5.69 Å². The minimum atomic E-state index is -0.977. The molecule has 3 aromatic rings. The van der Waals surface area contributed by atoms with E-state index in [0.29, 0.717) is 11.1 Å². The Hall–Kier alpha value is -2.64. The van der Waals surface area contributed by atoms with Gasteiger partial charge in [0.15, 0.2) is 5.16 Å². The number of thioether (sulfide) groups is 1. The van der Waals surface area contributed by atoms with Crippen molar-refractivity contribution in [2.24, 2.45) is 0 Å². The molecule has 1 amide bonds. The number of aromatic nitrogens is 2. The molecule has 0 aliphatic heterocycles. The summed E-state index contributed by atoms with van der Waals surface area (Å²) in [6, 6.07) is 12.8. The molecule has 2 N–H and O–H groups in total. The number of benzene rings is 2. The highest BCUT2D eigenvalue weighted by Crippen LogP contribution is 2.19. The van der Waals surface area contributed by atoms with E-state index in [1.165, 1.54) is 30.0 Å². The van der Waals surface area contributed by atoms with Gasteiger partial charge in [0.1, 0.15) is 5.82 Å². The van der Waals surface area contributed by atoms with Gasteiger partial charge < -0.3 is 10.4 Å². The van der Waals surface area contributed by atoms with Crippen LogP contribution in [0.15, 0.2) is 66.1 Å². The number of hydrogen-bond acceptors (Lipinski definition) is 4. The fourth-order valence-corrected chi connectivity index (χ4v) is 3.09. The Labute approximate surface area is 154 Å². The summed E-state index contributed by atoms with van der Waals surface area (Å²) < 4.78 is 15.1. The smallest absolute Gasteiger partial charge is 0.251 e. The van der Waals surface area contributed by atoms with Crippen LogP contribution in [0.5, 0.6) is 0 Å². The van der Waals surface area contributed by atoms with Crippen LogP contribution in [0.3, 0.4) is 0 Å². The van der Waals surface area contributed by atoms with E-state index in [4.69, 9.17) is 0 Å². The van der Waals surface area contributed by atoms with Gasteiger partial charge in [0.25, 0.3) is 5.91 Å². The Bertz CT molecular complexity index is 913. The number of halogens is 1. The first kappa shape index (κ1) is 18.2. The number of aliphatic hydroxyl groups excluding tert-OH is 1. The molecule has 2 aromatic carbocycles. The molecular formula is C19H18FN3O2S. The van der Waals surface area contributed by atoms with Crippen molar-refractivity contribution in [3.05, 3.63) is 77.9 Å². The lowest BCUT2D eigenvalue weighted by Gasteiger charge is -2.13. The third-order valence-electron chi connectivity index (χ3n) is 3.87. The van der Waals surface area contributed by atoms with Crippen molar-refractivity contribution >= 4 is 17.7 Å². The highest BCUT2D eigenvalue weighted by atomic mass is 32.2. The predicted molar refractivity (Wildman–Crippen MR) is 99.0 cm³/mol. The predicted octanol–water partition coefficient (Wildman–Crippen LogP) is 3.20. The number of rotatable bonds is 6. The van der Waals surface area contributed by atoms with Crippen molar-refractivity contribution in [3.8, 4) is 5.69 Å². The van der Waals surface area contributed by atoms with Gasteiger partial charge in [-0.3, -0.25) is 9.36 Å². The molecule has 0 spiro atoms. The number of nitrogens with one attached hydrogen (secondary N) is 1. The van der Waals surface area contributed by atoms with E-state index in [2.05, 4.69) is 10.3 Å². The maximum Gasteiger partial charge on any atom is 0.251 e. The Morgan fingerprint density at radius 1 is 1.31 bits per heavy atom. The Morgan fingerprint density at radius 3 is 2.88 bits per heavy atom. The number of aliphatic hydroxyl groups is 1. The zero-order valence-corrected chi connectivity index (χ0v) is 14.9. The van der Waals surface area contributed by atoms with Crippen LogP contribution >= 0.6 is 11.8 Å². The van der Waals surface area contributed by atoms with Crippen LogP contribution in [-0.4, -0.2) is 33.4 Å². The molecular weight excluding hydrogens is 353 g/mol. The minimum Gasteiger partial charge on any atom is -0.387 e. The molecule has 1 atom stereocenters. The number of carbonyl (C=O) groups excluding carboxylic acids is 1. The van der Waals surface area contributed by atoms with E-state index in [0.717, 1.165) is 10.8 Å². The first-order valence-corrected chi connectivity index (χ1v) is 9.20. The fraction of sp³-hybridized carbons (Fsp3) is 0.158. The number of amides is 1. The van der Waals surface area contributed by atoms with Crippen molar-refractivity contribution in [2.75, 3.05) is 12.8 Å². The average molecular weight is 371 g/mol. The average Bonchev–Trinajstić information content (AvgIpc) is 3.14. The van der Waals surface area contributed by atoms with Gasteiger partial charge in [-0.2, -0.15) is 0 Å². The highest BCUT2D eigenvalue weighted by molar-refractivity contribution is 7.98. The standard InChI is InChI=1S/C19H18FN3O2S/c1-26-19-21-8-9-23(19)16-7-3-5-14(11-16)18(25)22-12-17(24)13-4-2-6-15(20)10-13/h2-11,17,24H,12H2,1H3,(H,22,25). The summed E-state index contributed by atoms with van der Waals surface area (Å²) in [5, 5.41) is 13.6. The van der Waals surface area contributed by atoms with Gasteiger partial charge in [0.2, 0.25) is 0 Å². The Morgan fingerprint density at radius 2 is 2.12 bits per heavy atom. The molecule has 0 radical (unpaired) electrons. The molecule has 26 heavy (non-hydrogen) atoms. The third-order valence-corrected chi connectivity index (χ3v) is 4.53. The monoisotopic (exact) mass is 371 g/mol. The van der Waals surface area contributed by atoms with Crippen LogP contribution in [-0.2, 0) is 0 Å². The molecule has 0 fully saturated rings. The van der Waals surface area contributed by atoms with Gasteiger partial charge in [-0.05, 0) is 42.2 Å². The fourth-order valence-electron chi connectivity index (χ4n) is 2.56. The third kappa shape index (κ3) is 4.12. The Kier molecular flexibility index (Phi) is 5.70. The van der Waals surface area contributed by atoms with E-state index in [-0.39, 0.29) is 12.5 Å². The normalized spacial score (nSPS) is 12.0. The van der Waals surface area contributed by atoms with Gasteiger partial charge in [-0.25, -0.2) is 9.37 Å². The van der Waals surface area contributed by atoms with Gasteiger partial charge in [-0.15, -0.1) is 0 Å². The SMILES string of the molecule is CSc1nccn1-c1cccc(C(=O)NCC(O)c2cccc(F)c2)c1. The van der Waals surface area contributed by atoms with Crippen LogP contribution in [0.2, 0.25) is 0 Å². The second-order valence-electron chi connectivity index (χ2n) is 5.62. The van der Waals surface area contributed by atoms with Crippen molar-refractivity contribution in [3.63, 3.8) is 0 Å². The molecule has 1 aromatic heterocycles. The second-order valence-corrected chi connectivity index (χ2v) is 6.39. The molecule has 0 saturated heterocycles. The number of carbonyl (C=O) groups is 1. The van der Waals surface area contributed by atoms with E-state index in [1.54, 1.807) is 30.5 Å². The van der Waals surface area contributed by atoms with Crippen LogP contribution < -0.4 is 5.32 Å². The molecule has 3 rings (SSSR count). The van der Waals surface area contributed by atoms with Gasteiger partial charge >= 0.3 is 0 Å². The van der Waals surface area contributed by atoms with Gasteiger partial charge in [0, 0.05) is 30.2 Å². The van der Waals surface area contributed by atoms with Crippen molar-refractivity contribution in [2.45, 2.75) is 11.3 Å².